The van der Waals surface area contributed by atoms with Crippen LogP contribution < -0.4 is 11.1 Å². The van der Waals surface area contributed by atoms with Crippen LogP contribution in [0.25, 0.3) is 0 Å². The van der Waals surface area contributed by atoms with Crippen LogP contribution in [0.15, 0.2) is 0 Å². The van der Waals surface area contributed by atoms with Crippen LogP contribution in [-0.4, -0.2) is 32.1 Å². The molecule has 0 spiro atoms. The molecule has 0 aromatic heterocycles. The maximum atomic E-state index is 11.8. The van der Waals surface area contributed by atoms with E-state index < -0.39 is 0 Å². The van der Waals surface area contributed by atoms with Gasteiger partial charge in [-0.1, -0.05) is 19.3 Å². The third-order valence-corrected chi connectivity index (χ3v) is 3.76. The lowest BCUT2D eigenvalue weighted by atomic mass is 9.71. The van der Waals surface area contributed by atoms with Gasteiger partial charge in [-0.2, -0.15) is 0 Å². The second-order valence-electron chi connectivity index (χ2n) is 5.12. The van der Waals surface area contributed by atoms with Crippen molar-refractivity contribution in [2.24, 2.45) is 11.1 Å². The van der Waals surface area contributed by atoms with Gasteiger partial charge in [0.2, 0.25) is 5.91 Å². The fourth-order valence-corrected chi connectivity index (χ4v) is 2.56. The summed E-state index contributed by atoms with van der Waals surface area (Å²) in [5, 5.41) is 2.76. The summed E-state index contributed by atoms with van der Waals surface area (Å²) in [7, 11) is 1.34. The van der Waals surface area contributed by atoms with E-state index in [9.17, 15) is 9.59 Å². The van der Waals surface area contributed by atoms with Crippen LogP contribution in [-0.2, 0) is 14.3 Å². The molecule has 0 aromatic rings. The van der Waals surface area contributed by atoms with E-state index >= 15 is 0 Å². The molecule has 1 fully saturated rings. The monoisotopic (exact) mass is 292 g/mol. The van der Waals surface area contributed by atoms with E-state index in [1.165, 1.54) is 13.5 Å². The summed E-state index contributed by atoms with van der Waals surface area (Å²) in [5.74, 6) is -0.312. The van der Waals surface area contributed by atoms with E-state index in [4.69, 9.17) is 5.73 Å². The van der Waals surface area contributed by atoms with Crippen molar-refractivity contribution >= 4 is 24.3 Å². The highest BCUT2D eigenvalue weighted by atomic mass is 35.5. The number of amides is 1. The molecular weight excluding hydrogens is 268 g/mol. The van der Waals surface area contributed by atoms with Gasteiger partial charge in [-0.25, -0.2) is 0 Å². The molecule has 0 saturated heterocycles. The second kappa shape index (κ2) is 9.15. The second-order valence-corrected chi connectivity index (χ2v) is 5.12. The molecule has 3 N–H and O–H groups in total. The van der Waals surface area contributed by atoms with Crippen LogP contribution in [0.5, 0.6) is 0 Å². The number of hydrogen-bond acceptors (Lipinski definition) is 4. The molecule has 5 nitrogen and oxygen atoms in total. The molecule has 1 aliphatic rings. The molecular formula is C13H25ClN2O3. The molecule has 0 bridgehead atoms. The third-order valence-electron chi connectivity index (χ3n) is 3.76. The van der Waals surface area contributed by atoms with Gasteiger partial charge in [0.25, 0.3) is 0 Å². The molecule has 19 heavy (non-hydrogen) atoms. The lowest BCUT2D eigenvalue weighted by Gasteiger charge is -2.35. The van der Waals surface area contributed by atoms with Gasteiger partial charge >= 0.3 is 5.97 Å². The average Bonchev–Trinajstić information content (AvgIpc) is 2.39. The molecule has 0 heterocycles. The highest BCUT2D eigenvalue weighted by Crippen LogP contribution is 2.38. The first-order valence-electron chi connectivity index (χ1n) is 6.65. The molecule has 1 rings (SSSR count). The van der Waals surface area contributed by atoms with Crippen molar-refractivity contribution in [3.63, 3.8) is 0 Å². The summed E-state index contributed by atoms with van der Waals surface area (Å²) in [5.41, 5.74) is 5.81. The maximum absolute atomic E-state index is 11.8. The summed E-state index contributed by atoms with van der Waals surface area (Å²) < 4.78 is 4.51. The fourth-order valence-electron chi connectivity index (χ4n) is 2.56. The van der Waals surface area contributed by atoms with Crippen molar-refractivity contribution in [3.8, 4) is 0 Å². The zero-order valence-electron chi connectivity index (χ0n) is 11.6. The fraction of sp³-hybridized carbons (Fsp3) is 0.846. The van der Waals surface area contributed by atoms with Crippen molar-refractivity contribution < 1.29 is 14.3 Å². The van der Waals surface area contributed by atoms with E-state index in [0.29, 0.717) is 19.5 Å². The van der Waals surface area contributed by atoms with Gasteiger partial charge in [0.05, 0.1) is 13.5 Å². The Bertz CT molecular complexity index is 292. The largest absolute Gasteiger partial charge is 0.469 e. The Balaban J connectivity index is 0.00000324. The Kier molecular flexibility index (Phi) is 8.76. The normalized spacial score (nSPS) is 17.2. The number of ether oxygens (including phenoxy) is 1. The van der Waals surface area contributed by atoms with Crippen molar-refractivity contribution in [2.45, 2.75) is 44.9 Å². The first-order valence-corrected chi connectivity index (χ1v) is 6.65. The average molecular weight is 293 g/mol. The maximum Gasteiger partial charge on any atom is 0.307 e. The predicted octanol–water partition coefficient (Wildman–Crippen LogP) is 1.39. The zero-order chi connectivity index (χ0) is 13.4. The molecule has 1 aliphatic carbocycles. The van der Waals surface area contributed by atoms with Gasteiger partial charge in [-0.05, 0) is 24.8 Å². The number of rotatable bonds is 6. The summed E-state index contributed by atoms with van der Waals surface area (Å²) in [6, 6.07) is 0. The molecule has 1 amide bonds. The smallest absolute Gasteiger partial charge is 0.307 e. The molecule has 1 saturated carbocycles. The minimum atomic E-state index is -0.304. The van der Waals surface area contributed by atoms with Crippen LogP contribution >= 0.6 is 12.4 Å². The number of carbonyl (C=O) groups is 2. The molecule has 0 atom stereocenters. The molecule has 112 valence electrons. The number of methoxy groups -OCH3 is 1. The molecule has 0 unspecified atom stereocenters. The van der Waals surface area contributed by atoms with E-state index in [-0.39, 0.29) is 36.1 Å². The first-order chi connectivity index (χ1) is 8.62. The number of nitrogens with two attached hydrogens (primary N) is 1. The van der Waals surface area contributed by atoms with Crippen LogP contribution in [0.2, 0.25) is 0 Å². The van der Waals surface area contributed by atoms with Gasteiger partial charge in [0.1, 0.15) is 0 Å². The molecule has 0 aromatic carbocycles. The summed E-state index contributed by atoms with van der Waals surface area (Å²) >= 11 is 0. The van der Waals surface area contributed by atoms with Gasteiger partial charge in [0, 0.05) is 13.0 Å². The lowest BCUT2D eigenvalue weighted by molar-refractivity contribution is -0.140. The summed E-state index contributed by atoms with van der Waals surface area (Å²) in [6.07, 6.45) is 6.33. The van der Waals surface area contributed by atoms with E-state index in [2.05, 4.69) is 10.1 Å². The lowest BCUT2D eigenvalue weighted by Crippen LogP contribution is -2.39. The van der Waals surface area contributed by atoms with Crippen LogP contribution in [0.1, 0.15) is 44.9 Å². The topological polar surface area (TPSA) is 81.4 Å². The summed E-state index contributed by atoms with van der Waals surface area (Å²) in [4.78, 5) is 22.7. The van der Waals surface area contributed by atoms with Crippen LogP contribution in [0.4, 0.5) is 0 Å². The van der Waals surface area contributed by atoms with Crippen molar-refractivity contribution in [1.82, 2.24) is 5.32 Å². The number of esters is 1. The predicted molar refractivity (Wildman–Crippen MR) is 76.1 cm³/mol. The third kappa shape index (κ3) is 6.25. The minimum Gasteiger partial charge on any atom is -0.469 e. The Morgan fingerprint density at radius 1 is 1.26 bits per heavy atom. The molecule has 0 aliphatic heterocycles. The SMILES string of the molecule is COC(=O)CCNC(=O)CC1(CN)CCCCC1.Cl. The van der Waals surface area contributed by atoms with Gasteiger partial charge < -0.3 is 15.8 Å². The molecule has 0 radical (unpaired) electrons. The number of hydrogen-bond donors (Lipinski definition) is 2. The van der Waals surface area contributed by atoms with E-state index in [1.807, 2.05) is 0 Å². The Morgan fingerprint density at radius 3 is 2.42 bits per heavy atom. The van der Waals surface area contributed by atoms with Crippen molar-refractivity contribution in [1.29, 1.82) is 0 Å². The van der Waals surface area contributed by atoms with Crippen LogP contribution in [0, 0.1) is 5.41 Å². The van der Waals surface area contributed by atoms with Crippen molar-refractivity contribution in [2.75, 3.05) is 20.2 Å². The Labute approximate surface area is 121 Å². The highest BCUT2D eigenvalue weighted by molar-refractivity contribution is 5.85. The zero-order valence-corrected chi connectivity index (χ0v) is 12.4. The van der Waals surface area contributed by atoms with Gasteiger partial charge in [-0.15, -0.1) is 12.4 Å². The quantitative estimate of drug-likeness (QED) is 0.725. The van der Waals surface area contributed by atoms with Crippen LogP contribution in [0.3, 0.4) is 0 Å². The molecule has 6 heteroatoms. The number of carbonyl (C=O) groups excluding carboxylic acids is 2. The van der Waals surface area contributed by atoms with Gasteiger partial charge in [-0.3, -0.25) is 9.59 Å². The summed E-state index contributed by atoms with van der Waals surface area (Å²) in [6.45, 7) is 0.906. The number of halogens is 1. The highest BCUT2D eigenvalue weighted by Gasteiger charge is 2.32. The standard InChI is InChI=1S/C13H24N2O3.ClH/c1-18-12(17)5-8-15-11(16)9-13(10-14)6-3-2-4-7-13;/h2-10,14H2,1H3,(H,15,16);1H. The minimum absolute atomic E-state index is 0. The van der Waals surface area contributed by atoms with Gasteiger partial charge in [0.15, 0.2) is 0 Å². The van der Waals surface area contributed by atoms with Crippen molar-refractivity contribution in [3.05, 3.63) is 0 Å². The first kappa shape index (κ1) is 18.2. The Morgan fingerprint density at radius 2 is 1.89 bits per heavy atom. The van der Waals surface area contributed by atoms with E-state index in [1.54, 1.807) is 0 Å². The Hall–Kier alpha value is -0.810. The number of nitrogens with one attached hydrogen (secondary N) is 1. The van der Waals surface area contributed by atoms with E-state index in [0.717, 1.165) is 25.7 Å².